The monoisotopic (exact) mass is 312 g/mol. The van der Waals surface area contributed by atoms with E-state index in [0.717, 1.165) is 6.42 Å². The van der Waals surface area contributed by atoms with Crippen molar-refractivity contribution >= 4 is 17.4 Å². The highest BCUT2D eigenvalue weighted by atomic mass is 16.5. The molecule has 5 nitrogen and oxygen atoms in total. The zero-order chi connectivity index (χ0) is 16.7. The SMILES string of the molecule is CCc1ccc(C(=O)CCC(=O)Nc2ccc(OC)nc2)cc1. The van der Waals surface area contributed by atoms with Crippen molar-refractivity contribution in [1.82, 2.24) is 4.98 Å². The molecule has 1 aromatic carbocycles. The van der Waals surface area contributed by atoms with Crippen LogP contribution in [0.1, 0.15) is 35.7 Å². The van der Waals surface area contributed by atoms with E-state index in [4.69, 9.17) is 4.74 Å². The molecule has 1 aromatic heterocycles. The minimum absolute atomic E-state index is 0.0318. The Balaban J connectivity index is 1.83. The van der Waals surface area contributed by atoms with E-state index in [2.05, 4.69) is 17.2 Å². The molecule has 0 unspecified atom stereocenters. The van der Waals surface area contributed by atoms with Crippen molar-refractivity contribution < 1.29 is 14.3 Å². The smallest absolute Gasteiger partial charge is 0.224 e. The molecule has 0 aliphatic carbocycles. The standard InChI is InChI=1S/C18H20N2O3/c1-3-13-4-6-14(7-5-13)16(21)9-10-17(22)20-15-8-11-18(23-2)19-12-15/h4-8,11-12H,3,9-10H2,1-2H3,(H,20,22). The van der Waals surface area contributed by atoms with Gasteiger partial charge in [-0.3, -0.25) is 9.59 Å². The lowest BCUT2D eigenvalue weighted by atomic mass is 10.0. The van der Waals surface area contributed by atoms with E-state index in [1.165, 1.54) is 18.9 Å². The second kappa shape index (κ2) is 8.08. The number of aromatic nitrogens is 1. The molecular weight excluding hydrogens is 292 g/mol. The Labute approximate surface area is 135 Å². The zero-order valence-corrected chi connectivity index (χ0v) is 13.3. The Morgan fingerprint density at radius 2 is 1.83 bits per heavy atom. The zero-order valence-electron chi connectivity index (χ0n) is 13.3. The van der Waals surface area contributed by atoms with Gasteiger partial charge in [-0.2, -0.15) is 0 Å². The number of anilines is 1. The van der Waals surface area contributed by atoms with Gasteiger partial charge in [0.1, 0.15) is 0 Å². The number of hydrogen-bond acceptors (Lipinski definition) is 4. The highest BCUT2D eigenvalue weighted by Crippen LogP contribution is 2.12. The van der Waals surface area contributed by atoms with Crippen LogP contribution in [0.15, 0.2) is 42.6 Å². The number of aryl methyl sites for hydroxylation is 1. The van der Waals surface area contributed by atoms with Crippen LogP contribution in [-0.4, -0.2) is 23.8 Å². The van der Waals surface area contributed by atoms with Crippen LogP contribution in [0.2, 0.25) is 0 Å². The van der Waals surface area contributed by atoms with E-state index in [0.29, 0.717) is 17.1 Å². The number of nitrogens with zero attached hydrogens (tertiary/aromatic N) is 1. The van der Waals surface area contributed by atoms with Crippen LogP contribution in [-0.2, 0) is 11.2 Å². The molecule has 0 aliphatic rings. The maximum Gasteiger partial charge on any atom is 0.224 e. The van der Waals surface area contributed by atoms with Gasteiger partial charge in [0.25, 0.3) is 0 Å². The third-order valence-corrected chi connectivity index (χ3v) is 3.49. The number of methoxy groups -OCH3 is 1. The number of pyridine rings is 1. The molecule has 23 heavy (non-hydrogen) atoms. The number of Topliss-reactive ketones (excluding diaryl/α,β-unsaturated/α-hetero) is 1. The Bertz CT molecular complexity index is 664. The summed E-state index contributed by atoms with van der Waals surface area (Å²) in [5, 5.41) is 2.71. The van der Waals surface area contributed by atoms with Crippen LogP contribution >= 0.6 is 0 Å². The normalized spacial score (nSPS) is 10.2. The highest BCUT2D eigenvalue weighted by Gasteiger charge is 2.10. The largest absolute Gasteiger partial charge is 0.481 e. The average molecular weight is 312 g/mol. The Morgan fingerprint density at radius 3 is 2.39 bits per heavy atom. The van der Waals surface area contributed by atoms with Gasteiger partial charge in [-0.05, 0) is 18.1 Å². The van der Waals surface area contributed by atoms with Crippen LogP contribution in [0.5, 0.6) is 5.88 Å². The Kier molecular flexibility index (Phi) is 5.86. The van der Waals surface area contributed by atoms with Crippen molar-refractivity contribution in [3.8, 4) is 5.88 Å². The van der Waals surface area contributed by atoms with E-state index in [1.54, 1.807) is 12.1 Å². The molecule has 0 fully saturated rings. The van der Waals surface area contributed by atoms with Crippen molar-refractivity contribution in [1.29, 1.82) is 0 Å². The van der Waals surface area contributed by atoms with Gasteiger partial charge in [0, 0.05) is 24.5 Å². The summed E-state index contributed by atoms with van der Waals surface area (Å²) in [4.78, 5) is 28.0. The fraction of sp³-hybridized carbons (Fsp3) is 0.278. The summed E-state index contributed by atoms with van der Waals surface area (Å²) >= 11 is 0. The minimum atomic E-state index is -0.213. The van der Waals surface area contributed by atoms with Gasteiger partial charge in [-0.15, -0.1) is 0 Å². The number of carbonyl (C=O) groups is 2. The van der Waals surface area contributed by atoms with E-state index >= 15 is 0 Å². The van der Waals surface area contributed by atoms with E-state index < -0.39 is 0 Å². The molecule has 0 saturated carbocycles. The molecule has 1 amide bonds. The van der Waals surface area contributed by atoms with Crippen molar-refractivity contribution in [3.05, 3.63) is 53.7 Å². The molecule has 120 valence electrons. The van der Waals surface area contributed by atoms with E-state index in [1.807, 2.05) is 24.3 Å². The predicted octanol–water partition coefficient (Wildman–Crippen LogP) is 3.25. The van der Waals surface area contributed by atoms with Crippen molar-refractivity contribution in [2.75, 3.05) is 12.4 Å². The first kappa shape index (κ1) is 16.7. The second-order valence-corrected chi connectivity index (χ2v) is 5.11. The van der Waals surface area contributed by atoms with Crippen molar-refractivity contribution in [2.45, 2.75) is 26.2 Å². The van der Waals surface area contributed by atoms with Crippen LogP contribution in [0.4, 0.5) is 5.69 Å². The van der Waals surface area contributed by atoms with Crippen LogP contribution in [0, 0.1) is 0 Å². The van der Waals surface area contributed by atoms with Gasteiger partial charge in [0.2, 0.25) is 11.8 Å². The Hall–Kier alpha value is -2.69. The third kappa shape index (κ3) is 4.92. The van der Waals surface area contributed by atoms with E-state index in [-0.39, 0.29) is 24.5 Å². The lowest BCUT2D eigenvalue weighted by Gasteiger charge is -2.06. The molecule has 0 atom stereocenters. The first-order valence-electron chi connectivity index (χ1n) is 7.54. The van der Waals surface area contributed by atoms with Gasteiger partial charge in [0.15, 0.2) is 5.78 Å². The lowest BCUT2D eigenvalue weighted by Crippen LogP contribution is -2.13. The maximum absolute atomic E-state index is 12.1. The molecule has 0 bridgehead atoms. The van der Waals surface area contributed by atoms with Crippen molar-refractivity contribution in [3.63, 3.8) is 0 Å². The summed E-state index contributed by atoms with van der Waals surface area (Å²) in [6, 6.07) is 10.9. The quantitative estimate of drug-likeness (QED) is 0.797. The van der Waals surface area contributed by atoms with Gasteiger partial charge >= 0.3 is 0 Å². The first-order valence-corrected chi connectivity index (χ1v) is 7.54. The van der Waals surface area contributed by atoms with Gasteiger partial charge in [-0.25, -0.2) is 4.98 Å². The summed E-state index contributed by atoms with van der Waals surface area (Å²) in [5.41, 5.74) is 2.41. The molecular formula is C18H20N2O3. The minimum Gasteiger partial charge on any atom is -0.481 e. The van der Waals surface area contributed by atoms with E-state index in [9.17, 15) is 9.59 Å². The predicted molar refractivity (Wildman–Crippen MR) is 88.8 cm³/mol. The molecule has 1 heterocycles. The highest BCUT2D eigenvalue weighted by molar-refractivity contribution is 5.99. The summed E-state index contributed by atoms with van der Waals surface area (Å²) in [6.45, 7) is 2.06. The number of ketones is 1. The number of nitrogens with one attached hydrogen (secondary N) is 1. The molecule has 1 N–H and O–H groups in total. The third-order valence-electron chi connectivity index (χ3n) is 3.49. The summed E-state index contributed by atoms with van der Waals surface area (Å²) in [7, 11) is 1.53. The number of benzene rings is 1. The van der Waals surface area contributed by atoms with Gasteiger partial charge in [-0.1, -0.05) is 31.2 Å². The topological polar surface area (TPSA) is 68.3 Å². The first-order chi connectivity index (χ1) is 11.1. The summed E-state index contributed by atoms with van der Waals surface area (Å²) in [6.07, 6.45) is 2.77. The molecule has 5 heteroatoms. The fourth-order valence-corrected chi connectivity index (χ4v) is 2.10. The summed E-state index contributed by atoms with van der Waals surface area (Å²) < 4.78 is 4.95. The molecule has 2 aromatic rings. The number of amides is 1. The molecule has 0 saturated heterocycles. The number of ether oxygens (including phenoxy) is 1. The second-order valence-electron chi connectivity index (χ2n) is 5.11. The number of carbonyl (C=O) groups excluding carboxylic acids is 2. The van der Waals surface area contributed by atoms with Gasteiger partial charge in [0.05, 0.1) is 19.0 Å². The average Bonchev–Trinajstić information content (AvgIpc) is 2.60. The summed E-state index contributed by atoms with van der Waals surface area (Å²) in [5.74, 6) is 0.236. The molecule has 0 aliphatic heterocycles. The maximum atomic E-state index is 12.1. The molecule has 0 spiro atoms. The van der Waals surface area contributed by atoms with Crippen molar-refractivity contribution in [2.24, 2.45) is 0 Å². The van der Waals surface area contributed by atoms with Crippen LogP contribution in [0.3, 0.4) is 0 Å². The lowest BCUT2D eigenvalue weighted by molar-refractivity contribution is -0.116. The number of rotatable bonds is 7. The molecule has 0 radical (unpaired) electrons. The van der Waals surface area contributed by atoms with Crippen LogP contribution < -0.4 is 10.1 Å². The van der Waals surface area contributed by atoms with Crippen LogP contribution in [0.25, 0.3) is 0 Å². The fourth-order valence-electron chi connectivity index (χ4n) is 2.10. The Morgan fingerprint density at radius 1 is 1.09 bits per heavy atom. The number of hydrogen-bond donors (Lipinski definition) is 1. The molecule has 2 rings (SSSR count). The van der Waals surface area contributed by atoms with Gasteiger partial charge < -0.3 is 10.1 Å².